The Labute approximate surface area is 216 Å². The third kappa shape index (κ3) is 5.56. The van der Waals surface area contributed by atoms with Gasteiger partial charge in [-0.3, -0.25) is 0 Å². The molecule has 3 aromatic carbocycles. The van der Waals surface area contributed by atoms with E-state index in [1.54, 1.807) is 11.8 Å². The third-order valence-electron chi connectivity index (χ3n) is 6.52. The summed E-state index contributed by atoms with van der Waals surface area (Å²) in [6.45, 7) is 0.527. The summed E-state index contributed by atoms with van der Waals surface area (Å²) in [6.07, 6.45) is 3.91. The van der Waals surface area contributed by atoms with Gasteiger partial charge >= 0.3 is 0 Å². The lowest BCUT2D eigenvalue weighted by Crippen LogP contribution is -2.31. The van der Waals surface area contributed by atoms with E-state index in [0.717, 1.165) is 50.7 Å². The van der Waals surface area contributed by atoms with Gasteiger partial charge in [-0.25, -0.2) is 4.98 Å². The van der Waals surface area contributed by atoms with E-state index in [0.29, 0.717) is 6.54 Å². The number of nitrogens with zero attached hydrogens (tertiary/aromatic N) is 2. The van der Waals surface area contributed by atoms with E-state index >= 15 is 0 Å². The van der Waals surface area contributed by atoms with E-state index in [9.17, 15) is 5.11 Å². The van der Waals surface area contributed by atoms with Crippen molar-refractivity contribution in [2.45, 2.75) is 43.2 Å². The molecule has 3 N–H and O–H groups in total. The highest BCUT2D eigenvalue weighted by Gasteiger charge is 2.32. The lowest BCUT2D eigenvalue weighted by atomic mass is 9.98. The van der Waals surface area contributed by atoms with Gasteiger partial charge in [-0.15, -0.1) is 0 Å². The first-order valence-corrected chi connectivity index (χ1v) is 13.1. The zero-order chi connectivity index (χ0) is 24.9. The molecule has 186 valence electrons. The SMILES string of the molecule is Cn1ccnc1SC[C@@H]1C[C@H](c2ccc(CO)cc2)O[C@H](c2ccc(-c3ccccc3CN)cc2)O1. The van der Waals surface area contributed by atoms with Crippen LogP contribution in [0.2, 0.25) is 0 Å². The summed E-state index contributed by atoms with van der Waals surface area (Å²) < 4.78 is 15.0. The van der Waals surface area contributed by atoms with Crippen molar-refractivity contribution < 1.29 is 14.6 Å². The average Bonchev–Trinajstić information content (AvgIpc) is 3.36. The first kappa shape index (κ1) is 24.7. The lowest BCUT2D eigenvalue weighted by molar-refractivity contribution is -0.245. The van der Waals surface area contributed by atoms with Crippen LogP contribution >= 0.6 is 11.8 Å². The second-order valence-electron chi connectivity index (χ2n) is 8.97. The molecule has 5 rings (SSSR count). The van der Waals surface area contributed by atoms with Gasteiger partial charge in [0.25, 0.3) is 0 Å². The van der Waals surface area contributed by atoms with Gasteiger partial charge in [0.05, 0.1) is 18.8 Å². The molecule has 0 unspecified atom stereocenters. The monoisotopic (exact) mass is 501 g/mol. The van der Waals surface area contributed by atoms with Crippen LogP contribution in [-0.4, -0.2) is 26.5 Å². The molecule has 7 heteroatoms. The Morgan fingerprint density at radius 2 is 1.75 bits per heavy atom. The van der Waals surface area contributed by atoms with Gasteiger partial charge in [0, 0.05) is 43.7 Å². The summed E-state index contributed by atoms with van der Waals surface area (Å²) in [5.74, 6) is 0.776. The molecule has 0 aliphatic carbocycles. The number of ether oxygens (including phenoxy) is 2. The Bertz CT molecular complexity index is 1270. The van der Waals surface area contributed by atoms with E-state index in [2.05, 4.69) is 41.4 Å². The van der Waals surface area contributed by atoms with Crippen LogP contribution in [0.1, 0.15) is 41.1 Å². The highest BCUT2D eigenvalue weighted by atomic mass is 32.2. The van der Waals surface area contributed by atoms with Gasteiger partial charge in [0.2, 0.25) is 0 Å². The zero-order valence-corrected chi connectivity index (χ0v) is 21.1. The van der Waals surface area contributed by atoms with E-state index in [1.165, 1.54) is 0 Å². The van der Waals surface area contributed by atoms with Crippen LogP contribution in [0.4, 0.5) is 0 Å². The van der Waals surface area contributed by atoms with Crippen molar-refractivity contribution in [3.63, 3.8) is 0 Å². The normalized spacial score (nSPS) is 19.9. The number of aliphatic hydroxyl groups excluding tert-OH is 1. The molecule has 0 amide bonds. The van der Waals surface area contributed by atoms with Crippen LogP contribution in [-0.2, 0) is 29.7 Å². The number of hydrogen-bond acceptors (Lipinski definition) is 6. The maximum Gasteiger partial charge on any atom is 0.184 e. The van der Waals surface area contributed by atoms with Gasteiger partial charge < -0.3 is 24.9 Å². The van der Waals surface area contributed by atoms with Crippen molar-refractivity contribution in [1.82, 2.24) is 9.55 Å². The van der Waals surface area contributed by atoms with Gasteiger partial charge in [-0.1, -0.05) is 84.6 Å². The van der Waals surface area contributed by atoms with Crippen molar-refractivity contribution in [3.8, 4) is 11.1 Å². The molecule has 6 nitrogen and oxygen atoms in total. The molecule has 36 heavy (non-hydrogen) atoms. The van der Waals surface area contributed by atoms with Crippen LogP contribution < -0.4 is 5.73 Å². The minimum atomic E-state index is -0.480. The van der Waals surface area contributed by atoms with Crippen LogP contribution in [0, 0.1) is 0 Å². The average molecular weight is 502 g/mol. The molecule has 1 saturated heterocycles. The molecule has 1 aromatic heterocycles. The van der Waals surface area contributed by atoms with E-state index < -0.39 is 6.29 Å². The van der Waals surface area contributed by atoms with E-state index in [4.69, 9.17) is 15.2 Å². The highest BCUT2D eigenvalue weighted by molar-refractivity contribution is 7.99. The number of rotatable bonds is 8. The van der Waals surface area contributed by atoms with Crippen molar-refractivity contribution in [3.05, 3.63) is 107 Å². The van der Waals surface area contributed by atoms with Crippen molar-refractivity contribution in [2.24, 2.45) is 12.8 Å². The summed E-state index contributed by atoms with van der Waals surface area (Å²) in [7, 11) is 2.00. The number of aromatic nitrogens is 2. The maximum atomic E-state index is 9.42. The van der Waals surface area contributed by atoms with E-state index in [1.807, 2.05) is 60.4 Å². The Morgan fingerprint density at radius 3 is 2.44 bits per heavy atom. The number of aliphatic hydroxyl groups is 1. The number of hydrogen-bond donors (Lipinski definition) is 2. The largest absolute Gasteiger partial charge is 0.392 e. The summed E-state index contributed by atoms with van der Waals surface area (Å²) >= 11 is 1.69. The number of benzene rings is 3. The quantitative estimate of drug-likeness (QED) is 0.316. The number of aryl methyl sites for hydroxylation is 1. The molecule has 0 saturated carbocycles. The summed E-state index contributed by atoms with van der Waals surface area (Å²) in [5.41, 5.74) is 12.3. The van der Waals surface area contributed by atoms with Gasteiger partial charge in [0.1, 0.15) is 0 Å². The Kier molecular flexibility index (Phi) is 7.84. The number of thioether (sulfide) groups is 1. The summed E-state index contributed by atoms with van der Waals surface area (Å²) in [6, 6.07) is 24.5. The van der Waals surface area contributed by atoms with Crippen molar-refractivity contribution in [1.29, 1.82) is 0 Å². The molecular weight excluding hydrogens is 470 g/mol. The van der Waals surface area contributed by atoms with Gasteiger partial charge in [-0.05, 0) is 27.8 Å². The first-order valence-electron chi connectivity index (χ1n) is 12.1. The molecule has 1 aliphatic heterocycles. The predicted molar refractivity (Wildman–Crippen MR) is 142 cm³/mol. The second-order valence-corrected chi connectivity index (χ2v) is 9.95. The second kappa shape index (κ2) is 11.4. The van der Waals surface area contributed by atoms with Crippen LogP contribution in [0.5, 0.6) is 0 Å². The minimum absolute atomic E-state index is 0.00869. The molecule has 0 bridgehead atoms. The smallest absolute Gasteiger partial charge is 0.184 e. The first-order chi connectivity index (χ1) is 17.6. The summed E-state index contributed by atoms with van der Waals surface area (Å²) in [5, 5.41) is 10.4. The highest BCUT2D eigenvalue weighted by Crippen LogP contribution is 2.39. The van der Waals surface area contributed by atoms with Crippen molar-refractivity contribution >= 4 is 11.8 Å². The topological polar surface area (TPSA) is 82.5 Å². The van der Waals surface area contributed by atoms with Gasteiger partial charge in [0.15, 0.2) is 11.4 Å². The van der Waals surface area contributed by atoms with Crippen LogP contribution in [0.25, 0.3) is 11.1 Å². The lowest BCUT2D eigenvalue weighted by Gasteiger charge is -2.36. The molecule has 0 radical (unpaired) electrons. The maximum absolute atomic E-state index is 9.42. The number of nitrogens with two attached hydrogens (primary N) is 1. The predicted octanol–water partition coefficient (Wildman–Crippen LogP) is 5.38. The zero-order valence-electron chi connectivity index (χ0n) is 20.3. The molecule has 0 spiro atoms. The van der Waals surface area contributed by atoms with Crippen molar-refractivity contribution in [2.75, 3.05) is 5.75 Å². The fourth-order valence-corrected chi connectivity index (χ4v) is 5.43. The Balaban J connectivity index is 1.37. The van der Waals surface area contributed by atoms with Crippen LogP contribution in [0.15, 0.2) is 90.3 Å². The number of imidazole rings is 1. The fraction of sp³-hybridized carbons (Fsp3) is 0.276. The molecule has 1 aliphatic rings. The minimum Gasteiger partial charge on any atom is -0.392 e. The van der Waals surface area contributed by atoms with E-state index in [-0.39, 0.29) is 18.8 Å². The molecule has 2 heterocycles. The van der Waals surface area contributed by atoms with Crippen LogP contribution in [0.3, 0.4) is 0 Å². The molecular formula is C29H31N3O3S. The summed E-state index contributed by atoms with van der Waals surface area (Å²) in [4.78, 5) is 4.43. The molecule has 4 aromatic rings. The third-order valence-corrected chi connectivity index (χ3v) is 7.71. The Morgan fingerprint density at radius 1 is 1.00 bits per heavy atom. The standard InChI is InChI=1S/C29H31N3O3S/c1-32-15-14-31-29(32)36-19-25-16-27(22-8-6-20(18-33)7-9-22)35-28(34-25)23-12-10-21(11-13-23)26-5-3-2-4-24(26)17-30/h2-15,25,27-28,33H,16-19,30H2,1H3/t25-,27+,28+/m0/s1. The Hall–Kier alpha value is -2.94. The van der Waals surface area contributed by atoms with Gasteiger partial charge in [-0.2, -0.15) is 0 Å². The molecule has 3 atom stereocenters. The fourth-order valence-electron chi connectivity index (χ4n) is 4.48. The molecule has 1 fully saturated rings.